The summed E-state index contributed by atoms with van der Waals surface area (Å²) in [6.07, 6.45) is 3.69. The van der Waals surface area contributed by atoms with Gasteiger partial charge in [-0.3, -0.25) is 15.1 Å². The number of nitro groups is 1. The molecule has 0 bridgehead atoms. The Balaban J connectivity index is 1.84. The van der Waals surface area contributed by atoms with Crippen LogP contribution in [0.1, 0.15) is 19.4 Å². The summed E-state index contributed by atoms with van der Waals surface area (Å²) in [5.74, 6) is 0. The van der Waals surface area contributed by atoms with Gasteiger partial charge < -0.3 is 4.98 Å². The van der Waals surface area contributed by atoms with Crippen LogP contribution in [0.25, 0.3) is 22.2 Å². The maximum absolute atomic E-state index is 11.2. The number of para-hydroxylation sites is 1. The molecule has 0 aliphatic rings. The van der Waals surface area contributed by atoms with Crippen molar-refractivity contribution in [2.75, 3.05) is 0 Å². The van der Waals surface area contributed by atoms with Crippen molar-refractivity contribution in [2.45, 2.75) is 19.9 Å². The quantitative estimate of drug-likeness (QED) is 0.294. The summed E-state index contributed by atoms with van der Waals surface area (Å²) in [6, 6.07) is 14.7. The van der Waals surface area contributed by atoms with E-state index in [1.165, 1.54) is 17.4 Å². The number of rotatable bonds is 5. The fraction of sp³-hybridized carbons (Fsp3) is 0.143. The van der Waals surface area contributed by atoms with Gasteiger partial charge in [-0.1, -0.05) is 30.3 Å². The molecule has 0 aliphatic carbocycles. The number of non-ortho nitro benzene ring substituents is 1. The van der Waals surface area contributed by atoms with Crippen molar-refractivity contribution in [2.24, 2.45) is 10.1 Å². The van der Waals surface area contributed by atoms with Crippen molar-refractivity contribution in [1.82, 2.24) is 9.66 Å². The summed E-state index contributed by atoms with van der Waals surface area (Å²) in [6.45, 7) is 4.00. The number of hydrogen-bond acceptors (Lipinski definition) is 5. The molecule has 2 heterocycles. The number of hydrogen-bond donors (Lipinski definition) is 1. The lowest BCUT2D eigenvalue weighted by Crippen LogP contribution is -2.14. The zero-order valence-electron chi connectivity index (χ0n) is 15.9. The first-order valence-electron chi connectivity index (χ1n) is 9.12. The van der Waals surface area contributed by atoms with Gasteiger partial charge in [0, 0.05) is 51.8 Å². The Labute approximate surface area is 170 Å². The molecule has 0 amide bonds. The Morgan fingerprint density at radius 3 is 2.83 bits per heavy atom. The van der Waals surface area contributed by atoms with Gasteiger partial charge in [0.15, 0.2) is 0 Å². The minimum Gasteiger partial charge on any atom is -0.361 e. The van der Waals surface area contributed by atoms with Crippen molar-refractivity contribution >= 4 is 34.1 Å². The van der Waals surface area contributed by atoms with Crippen LogP contribution in [0.4, 0.5) is 5.69 Å². The number of benzene rings is 2. The van der Waals surface area contributed by atoms with E-state index in [2.05, 4.69) is 15.1 Å². The van der Waals surface area contributed by atoms with Gasteiger partial charge in [-0.15, -0.1) is 11.3 Å². The first-order chi connectivity index (χ1) is 14.0. The molecule has 1 N–H and O–H groups in total. The number of aromatic nitrogens is 2. The van der Waals surface area contributed by atoms with Gasteiger partial charge in [0.1, 0.15) is 0 Å². The number of nitrogens with zero attached hydrogens (tertiary/aromatic N) is 4. The molecular weight excluding hydrogens is 386 g/mol. The summed E-state index contributed by atoms with van der Waals surface area (Å²) in [4.78, 5) is 19.4. The van der Waals surface area contributed by atoms with Crippen molar-refractivity contribution in [3.63, 3.8) is 0 Å². The molecule has 0 radical (unpaired) electrons. The Kier molecular flexibility index (Phi) is 5.09. The van der Waals surface area contributed by atoms with Crippen LogP contribution in [0.5, 0.6) is 0 Å². The molecule has 0 unspecified atom stereocenters. The van der Waals surface area contributed by atoms with E-state index in [4.69, 9.17) is 0 Å². The second-order valence-electron chi connectivity index (χ2n) is 6.78. The van der Waals surface area contributed by atoms with Crippen LogP contribution >= 0.6 is 11.3 Å². The molecule has 0 aliphatic heterocycles. The fourth-order valence-electron chi connectivity index (χ4n) is 3.02. The number of aromatic amines is 1. The monoisotopic (exact) mass is 405 g/mol. The first-order valence-corrected chi connectivity index (χ1v) is 10.0. The molecular formula is C21H19N5O2S. The standard InChI is InChI=1S/C21H19N5O2S/c1-14(2)24-21-25(23-12-16-11-22-19-9-4-3-8-18(16)19)20(13-29-21)15-6-5-7-17(10-15)26(27)28/h3-14,22H,1-2H3. The number of fused-ring (bicyclic) bond motifs is 1. The zero-order chi connectivity index (χ0) is 20.4. The fourth-order valence-corrected chi connectivity index (χ4v) is 3.99. The molecule has 146 valence electrons. The van der Waals surface area contributed by atoms with Crippen molar-refractivity contribution < 1.29 is 4.92 Å². The summed E-state index contributed by atoms with van der Waals surface area (Å²) < 4.78 is 1.74. The van der Waals surface area contributed by atoms with E-state index in [1.807, 2.05) is 55.8 Å². The predicted molar refractivity (Wildman–Crippen MR) is 116 cm³/mol. The van der Waals surface area contributed by atoms with Crippen molar-refractivity contribution in [3.8, 4) is 11.3 Å². The highest BCUT2D eigenvalue weighted by Gasteiger charge is 2.12. The van der Waals surface area contributed by atoms with Crippen LogP contribution in [-0.4, -0.2) is 26.8 Å². The molecule has 4 rings (SSSR count). The summed E-state index contributed by atoms with van der Waals surface area (Å²) in [5.41, 5.74) is 3.52. The lowest BCUT2D eigenvalue weighted by atomic mass is 10.1. The Morgan fingerprint density at radius 2 is 2.03 bits per heavy atom. The normalized spacial score (nSPS) is 12.4. The highest BCUT2D eigenvalue weighted by Crippen LogP contribution is 2.25. The molecule has 0 saturated heterocycles. The molecule has 0 spiro atoms. The maximum Gasteiger partial charge on any atom is 0.270 e. The lowest BCUT2D eigenvalue weighted by Gasteiger charge is -2.04. The molecule has 29 heavy (non-hydrogen) atoms. The summed E-state index contributed by atoms with van der Waals surface area (Å²) >= 11 is 1.46. The minimum absolute atomic E-state index is 0.0446. The van der Waals surface area contributed by atoms with Gasteiger partial charge in [-0.05, 0) is 19.9 Å². The van der Waals surface area contributed by atoms with Crippen LogP contribution < -0.4 is 4.80 Å². The molecule has 0 fully saturated rings. The van der Waals surface area contributed by atoms with Crippen LogP contribution in [0.15, 0.2) is 70.2 Å². The highest BCUT2D eigenvalue weighted by atomic mass is 32.1. The first kappa shape index (κ1) is 18.8. The number of thiazole rings is 1. The SMILES string of the molecule is CC(C)N=c1scc(-c2cccc([N+](=O)[O-])c2)n1N=Cc1c[nH]c2ccccc12. The van der Waals surface area contributed by atoms with Crippen LogP contribution in [-0.2, 0) is 0 Å². The third-order valence-corrected chi connectivity index (χ3v) is 5.17. The highest BCUT2D eigenvalue weighted by molar-refractivity contribution is 7.07. The van der Waals surface area contributed by atoms with Crippen molar-refractivity contribution in [3.05, 3.63) is 80.6 Å². The molecule has 0 atom stereocenters. The molecule has 8 heteroatoms. The average Bonchev–Trinajstić information content (AvgIpc) is 3.30. The Hall–Kier alpha value is -3.52. The summed E-state index contributed by atoms with van der Waals surface area (Å²) in [7, 11) is 0. The third kappa shape index (κ3) is 3.88. The van der Waals surface area contributed by atoms with Crippen molar-refractivity contribution in [1.29, 1.82) is 0 Å². The second kappa shape index (κ2) is 7.84. The summed E-state index contributed by atoms with van der Waals surface area (Å²) in [5, 5.41) is 18.9. The van der Waals surface area contributed by atoms with E-state index in [9.17, 15) is 10.1 Å². The lowest BCUT2D eigenvalue weighted by molar-refractivity contribution is -0.384. The maximum atomic E-state index is 11.2. The Morgan fingerprint density at radius 1 is 1.21 bits per heavy atom. The second-order valence-corrected chi connectivity index (χ2v) is 7.62. The van der Waals surface area contributed by atoms with E-state index in [1.54, 1.807) is 23.0 Å². The molecule has 0 saturated carbocycles. The molecule has 2 aromatic heterocycles. The minimum atomic E-state index is -0.394. The van der Waals surface area contributed by atoms with Gasteiger partial charge in [0.05, 0.1) is 16.8 Å². The molecule has 7 nitrogen and oxygen atoms in total. The average molecular weight is 405 g/mol. The zero-order valence-corrected chi connectivity index (χ0v) is 16.8. The largest absolute Gasteiger partial charge is 0.361 e. The van der Waals surface area contributed by atoms with E-state index in [0.29, 0.717) is 0 Å². The van der Waals surface area contributed by atoms with E-state index in [0.717, 1.165) is 32.5 Å². The topological polar surface area (TPSA) is 88.6 Å². The van der Waals surface area contributed by atoms with Gasteiger partial charge in [0.2, 0.25) is 4.80 Å². The third-order valence-electron chi connectivity index (χ3n) is 4.34. The molecule has 2 aromatic carbocycles. The van der Waals surface area contributed by atoms with Crippen LogP contribution in [0.2, 0.25) is 0 Å². The van der Waals surface area contributed by atoms with E-state index < -0.39 is 4.92 Å². The molecule has 4 aromatic rings. The van der Waals surface area contributed by atoms with Gasteiger partial charge in [0.25, 0.3) is 5.69 Å². The van der Waals surface area contributed by atoms with Gasteiger partial charge in [-0.25, -0.2) is 4.68 Å². The van der Waals surface area contributed by atoms with E-state index >= 15 is 0 Å². The number of H-pyrrole nitrogens is 1. The smallest absolute Gasteiger partial charge is 0.270 e. The Bertz CT molecular complexity index is 1280. The number of nitro benzene ring substituents is 1. The van der Waals surface area contributed by atoms with Crippen LogP contribution in [0.3, 0.4) is 0 Å². The van der Waals surface area contributed by atoms with E-state index in [-0.39, 0.29) is 11.7 Å². The predicted octanol–water partition coefficient (Wildman–Crippen LogP) is 4.80. The number of nitrogens with one attached hydrogen (secondary N) is 1. The van der Waals surface area contributed by atoms with Gasteiger partial charge in [-0.2, -0.15) is 5.10 Å². The van der Waals surface area contributed by atoms with Gasteiger partial charge >= 0.3 is 0 Å². The van der Waals surface area contributed by atoms with Crippen LogP contribution in [0, 0.1) is 10.1 Å².